The van der Waals surface area contributed by atoms with Crippen molar-refractivity contribution in [3.63, 3.8) is 0 Å². The van der Waals surface area contributed by atoms with Gasteiger partial charge in [0.25, 0.3) is 5.91 Å². The first-order valence-corrected chi connectivity index (χ1v) is 7.25. The molecule has 0 spiro atoms. The van der Waals surface area contributed by atoms with E-state index in [1.807, 2.05) is 0 Å². The number of thiophene rings is 1. The van der Waals surface area contributed by atoms with Gasteiger partial charge in [-0.3, -0.25) is 4.79 Å². The zero-order valence-electron chi connectivity index (χ0n) is 9.53. The van der Waals surface area contributed by atoms with Crippen LogP contribution >= 0.6 is 43.2 Å². The molecule has 96 valence electrons. The zero-order chi connectivity index (χ0) is 13.3. The third-order valence-electron chi connectivity index (χ3n) is 2.16. The monoisotopic (exact) mass is 393 g/mol. The van der Waals surface area contributed by atoms with Crippen LogP contribution in [0.5, 0.6) is 5.88 Å². The second-order valence-corrected chi connectivity index (χ2v) is 6.61. The van der Waals surface area contributed by atoms with Crippen LogP contribution in [0.2, 0.25) is 0 Å². The Balaban J connectivity index is 2.15. The van der Waals surface area contributed by atoms with Crippen molar-refractivity contribution in [3.8, 4) is 5.88 Å². The van der Waals surface area contributed by atoms with Gasteiger partial charge in [-0.1, -0.05) is 0 Å². The highest BCUT2D eigenvalue weighted by atomic mass is 79.9. The molecule has 0 aliphatic heterocycles. The van der Waals surface area contributed by atoms with Gasteiger partial charge in [-0.2, -0.15) is 5.10 Å². The van der Waals surface area contributed by atoms with Gasteiger partial charge < -0.3 is 10.1 Å². The van der Waals surface area contributed by atoms with E-state index in [0.29, 0.717) is 16.6 Å². The summed E-state index contributed by atoms with van der Waals surface area (Å²) in [5, 5.41) is 6.83. The van der Waals surface area contributed by atoms with Crippen molar-refractivity contribution in [2.24, 2.45) is 7.05 Å². The number of aryl methyl sites for hydroxylation is 1. The minimum absolute atomic E-state index is 0.202. The van der Waals surface area contributed by atoms with Crippen molar-refractivity contribution in [1.82, 2.24) is 9.78 Å². The van der Waals surface area contributed by atoms with E-state index >= 15 is 0 Å². The molecule has 1 amide bonds. The molecule has 0 unspecified atom stereocenters. The number of halogens is 2. The number of carbonyl (C=O) groups excluding carboxylic acids is 1. The Labute approximate surface area is 124 Å². The molecule has 0 fully saturated rings. The molecule has 0 aromatic carbocycles. The standard InChI is InChI=1S/C10H9Br2N3O2S/c1-15-8(17-2)4-7(14-15)13-10(16)6-3-5(11)9(12)18-6/h3-4H,1-2H3,(H,13,14,16). The Hall–Kier alpha value is -0.860. The first kappa shape index (κ1) is 13.6. The van der Waals surface area contributed by atoms with E-state index in [4.69, 9.17) is 4.74 Å². The van der Waals surface area contributed by atoms with Crippen molar-refractivity contribution < 1.29 is 9.53 Å². The van der Waals surface area contributed by atoms with Crippen LogP contribution in [0.15, 0.2) is 20.4 Å². The third kappa shape index (κ3) is 2.76. The molecule has 0 aliphatic rings. The van der Waals surface area contributed by atoms with Crippen molar-refractivity contribution in [3.05, 3.63) is 25.3 Å². The van der Waals surface area contributed by atoms with Crippen molar-refractivity contribution >= 4 is 54.9 Å². The summed E-state index contributed by atoms with van der Waals surface area (Å²) in [4.78, 5) is 12.6. The summed E-state index contributed by atoms with van der Waals surface area (Å²) in [5.41, 5.74) is 0. The Morgan fingerprint density at radius 1 is 1.50 bits per heavy atom. The Kier molecular flexibility index (Phi) is 4.08. The smallest absolute Gasteiger partial charge is 0.267 e. The molecule has 0 radical (unpaired) electrons. The number of methoxy groups -OCH3 is 1. The van der Waals surface area contributed by atoms with Crippen molar-refractivity contribution in [2.45, 2.75) is 0 Å². The number of nitrogens with one attached hydrogen (secondary N) is 1. The summed E-state index contributed by atoms with van der Waals surface area (Å²) in [5.74, 6) is 0.839. The quantitative estimate of drug-likeness (QED) is 0.869. The molecule has 0 atom stereocenters. The van der Waals surface area contributed by atoms with E-state index in [1.165, 1.54) is 11.3 Å². The van der Waals surface area contributed by atoms with Gasteiger partial charge in [-0.25, -0.2) is 4.68 Å². The molecule has 2 rings (SSSR count). The van der Waals surface area contributed by atoms with Crippen molar-refractivity contribution in [2.75, 3.05) is 12.4 Å². The lowest BCUT2D eigenvalue weighted by atomic mass is 10.4. The van der Waals surface area contributed by atoms with Crippen LogP contribution in [0.3, 0.4) is 0 Å². The molecule has 2 aromatic heterocycles. The maximum atomic E-state index is 12.0. The summed E-state index contributed by atoms with van der Waals surface area (Å²) in [6, 6.07) is 3.42. The maximum absolute atomic E-state index is 12.0. The lowest BCUT2D eigenvalue weighted by Crippen LogP contribution is -2.10. The fourth-order valence-electron chi connectivity index (χ4n) is 1.34. The summed E-state index contributed by atoms with van der Waals surface area (Å²) in [7, 11) is 3.29. The highest BCUT2D eigenvalue weighted by molar-refractivity contribution is 9.13. The number of carbonyl (C=O) groups is 1. The summed E-state index contributed by atoms with van der Waals surface area (Å²) in [6.45, 7) is 0. The molecular formula is C10H9Br2N3O2S. The number of rotatable bonds is 3. The highest BCUT2D eigenvalue weighted by Crippen LogP contribution is 2.32. The largest absolute Gasteiger partial charge is 0.481 e. The fraction of sp³-hybridized carbons (Fsp3) is 0.200. The first-order valence-electron chi connectivity index (χ1n) is 4.85. The maximum Gasteiger partial charge on any atom is 0.267 e. The van der Waals surface area contributed by atoms with Crippen LogP contribution in [0.25, 0.3) is 0 Å². The average molecular weight is 395 g/mol. The lowest BCUT2D eigenvalue weighted by Gasteiger charge is -1.97. The molecule has 1 N–H and O–H groups in total. The van der Waals surface area contributed by atoms with Crippen LogP contribution in [-0.4, -0.2) is 22.8 Å². The number of aromatic nitrogens is 2. The summed E-state index contributed by atoms with van der Waals surface area (Å²) in [6.07, 6.45) is 0. The molecule has 2 heterocycles. The number of hydrogen-bond acceptors (Lipinski definition) is 4. The number of hydrogen-bond donors (Lipinski definition) is 1. The molecule has 18 heavy (non-hydrogen) atoms. The van der Waals surface area contributed by atoms with E-state index in [9.17, 15) is 4.79 Å². The second kappa shape index (κ2) is 5.41. The normalized spacial score (nSPS) is 10.4. The topological polar surface area (TPSA) is 56.1 Å². The van der Waals surface area contributed by atoms with Gasteiger partial charge in [0, 0.05) is 17.6 Å². The summed E-state index contributed by atoms with van der Waals surface area (Å²) < 4.78 is 8.36. The number of ether oxygens (including phenoxy) is 1. The highest BCUT2D eigenvalue weighted by Gasteiger charge is 2.14. The van der Waals surface area contributed by atoms with E-state index in [2.05, 4.69) is 42.3 Å². The van der Waals surface area contributed by atoms with Crippen LogP contribution < -0.4 is 10.1 Å². The molecule has 2 aromatic rings. The van der Waals surface area contributed by atoms with Crippen molar-refractivity contribution in [1.29, 1.82) is 0 Å². The van der Waals surface area contributed by atoms with Crippen LogP contribution in [-0.2, 0) is 7.05 Å². The molecule has 5 nitrogen and oxygen atoms in total. The molecule has 8 heteroatoms. The summed E-state index contributed by atoms with van der Waals surface area (Å²) >= 11 is 8.04. The van der Waals surface area contributed by atoms with E-state index < -0.39 is 0 Å². The number of nitrogens with zero attached hydrogens (tertiary/aromatic N) is 2. The Morgan fingerprint density at radius 2 is 2.22 bits per heavy atom. The molecule has 0 saturated carbocycles. The van der Waals surface area contributed by atoms with Crippen LogP contribution in [0.1, 0.15) is 9.67 Å². The molecular weight excluding hydrogens is 386 g/mol. The fourth-order valence-corrected chi connectivity index (χ4v) is 3.27. The van der Waals surface area contributed by atoms with Gasteiger partial charge in [0.1, 0.15) is 0 Å². The molecule has 0 saturated heterocycles. The number of anilines is 1. The van der Waals surface area contributed by atoms with Crippen LogP contribution in [0, 0.1) is 0 Å². The van der Waals surface area contributed by atoms with Gasteiger partial charge >= 0.3 is 0 Å². The second-order valence-electron chi connectivity index (χ2n) is 3.38. The predicted octanol–water partition coefficient (Wildman–Crippen LogP) is 3.27. The average Bonchev–Trinajstić information content (AvgIpc) is 2.83. The van der Waals surface area contributed by atoms with E-state index in [-0.39, 0.29) is 5.91 Å². The molecule has 0 bridgehead atoms. The zero-order valence-corrected chi connectivity index (χ0v) is 13.5. The van der Waals surface area contributed by atoms with Crippen LogP contribution in [0.4, 0.5) is 5.82 Å². The van der Waals surface area contributed by atoms with E-state index in [0.717, 1.165) is 8.26 Å². The van der Waals surface area contributed by atoms with Gasteiger partial charge in [-0.05, 0) is 37.9 Å². The lowest BCUT2D eigenvalue weighted by molar-refractivity contribution is 0.103. The van der Waals surface area contributed by atoms with Gasteiger partial charge in [-0.15, -0.1) is 11.3 Å². The van der Waals surface area contributed by atoms with E-state index in [1.54, 1.807) is 31.0 Å². The minimum Gasteiger partial charge on any atom is -0.481 e. The Bertz CT molecular complexity index is 574. The first-order chi connectivity index (χ1) is 8.51. The predicted molar refractivity (Wildman–Crippen MR) is 77.4 cm³/mol. The third-order valence-corrected chi connectivity index (χ3v) is 5.41. The van der Waals surface area contributed by atoms with Gasteiger partial charge in [0.2, 0.25) is 5.88 Å². The minimum atomic E-state index is -0.202. The Morgan fingerprint density at radius 3 is 2.72 bits per heavy atom. The molecule has 0 aliphatic carbocycles. The number of amides is 1. The SMILES string of the molecule is COc1cc(NC(=O)c2cc(Br)c(Br)s2)nn1C. The van der Waals surface area contributed by atoms with Gasteiger partial charge in [0.15, 0.2) is 5.82 Å². The van der Waals surface area contributed by atoms with Gasteiger partial charge in [0.05, 0.1) is 15.8 Å².